The summed E-state index contributed by atoms with van der Waals surface area (Å²) in [6, 6.07) is 0. The van der Waals surface area contributed by atoms with Crippen LogP contribution in [0.3, 0.4) is 0 Å². The third-order valence-corrected chi connectivity index (χ3v) is 0. The van der Waals surface area contributed by atoms with Crippen molar-refractivity contribution in [3.63, 3.8) is 0 Å². The molecule has 0 bridgehead atoms. The first-order chi connectivity index (χ1) is 1.41. The van der Waals surface area contributed by atoms with Crippen LogP contribution in [-0.4, -0.2) is 4.89 Å². The van der Waals surface area contributed by atoms with Crippen molar-refractivity contribution in [3.8, 4) is 0 Å². The standard InChI is InChI=1S/BrH.HO2P/c;1-3-2/h1H;(H,1,2). The Morgan fingerprint density at radius 1 is 1.75 bits per heavy atom. The van der Waals surface area contributed by atoms with E-state index in [1.807, 2.05) is 0 Å². The molecule has 0 spiro atoms. The van der Waals surface area contributed by atoms with Crippen LogP contribution in [0.5, 0.6) is 0 Å². The topological polar surface area (TPSA) is 37.3 Å². The zero-order valence-electron chi connectivity index (χ0n) is 1.71. The van der Waals surface area contributed by atoms with Crippen molar-refractivity contribution in [3.05, 3.63) is 0 Å². The lowest BCUT2D eigenvalue weighted by Gasteiger charge is -1.24. The zero-order valence-corrected chi connectivity index (χ0v) is 4.32. The third-order valence-electron chi connectivity index (χ3n) is 0. The summed E-state index contributed by atoms with van der Waals surface area (Å²) < 4.78 is 8.46. The minimum Gasteiger partial charge on any atom is -0.310 e. The van der Waals surface area contributed by atoms with Gasteiger partial charge in [0.15, 0.2) is 0 Å². The van der Waals surface area contributed by atoms with E-state index in [9.17, 15) is 0 Å². The highest BCUT2D eigenvalue weighted by molar-refractivity contribution is 8.93. The fraction of sp³-hybridized carbons (Fsp3) is 0. The van der Waals surface area contributed by atoms with Crippen molar-refractivity contribution in [2.45, 2.75) is 0 Å². The zero-order chi connectivity index (χ0) is 2.71. The van der Waals surface area contributed by atoms with Crippen LogP contribution in [0.25, 0.3) is 0 Å². The average Bonchev–Trinajstić information content (AvgIpc) is 0.918. The molecule has 4 heavy (non-hydrogen) atoms. The number of rotatable bonds is 0. The minimum atomic E-state index is -0.833. The molecule has 0 rings (SSSR count). The van der Waals surface area contributed by atoms with Gasteiger partial charge in [-0.05, 0) is 0 Å². The quantitative estimate of drug-likeness (QED) is 0.511. The molecule has 26 valence electrons. The smallest absolute Gasteiger partial charge is 0.310 e. The first-order valence-corrected chi connectivity index (χ1v) is 1.15. The Labute approximate surface area is 35.9 Å². The fourth-order valence-corrected chi connectivity index (χ4v) is 0. The van der Waals surface area contributed by atoms with Gasteiger partial charge in [-0.3, -0.25) is 0 Å². The van der Waals surface area contributed by atoms with E-state index in [0.717, 1.165) is 0 Å². The molecule has 0 saturated heterocycles. The predicted octanol–water partition coefficient (Wildman–Crippen LogP) is 0.763. The predicted molar refractivity (Wildman–Crippen MR) is 20.1 cm³/mol. The third kappa shape index (κ3) is 20.7. The van der Waals surface area contributed by atoms with E-state index in [4.69, 9.17) is 9.46 Å². The molecule has 0 aromatic rings. The van der Waals surface area contributed by atoms with Gasteiger partial charge in [-0.1, -0.05) is 0 Å². The Balaban J connectivity index is 0. The van der Waals surface area contributed by atoms with Gasteiger partial charge in [-0.25, -0.2) is 4.57 Å². The summed E-state index contributed by atoms with van der Waals surface area (Å²) in [6.45, 7) is 0. The molecule has 0 aliphatic rings. The highest BCUT2D eigenvalue weighted by atomic mass is 79.9. The maximum absolute atomic E-state index is 8.46. The second-order valence-corrected chi connectivity index (χ2v) is 0.245. The highest BCUT2D eigenvalue weighted by Crippen LogP contribution is 1.66. The summed E-state index contributed by atoms with van der Waals surface area (Å²) in [5.41, 5.74) is 0. The molecule has 0 radical (unpaired) electrons. The van der Waals surface area contributed by atoms with Crippen LogP contribution in [0.2, 0.25) is 0 Å². The molecular weight excluding hydrogens is 143 g/mol. The normalized spacial score (nSPS) is 5.25. The van der Waals surface area contributed by atoms with Crippen LogP contribution in [-0.2, 0) is 4.57 Å². The van der Waals surface area contributed by atoms with Crippen LogP contribution < -0.4 is 0 Å². The van der Waals surface area contributed by atoms with Crippen LogP contribution >= 0.6 is 25.7 Å². The molecule has 0 amide bonds. The van der Waals surface area contributed by atoms with E-state index in [0.29, 0.717) is 0 Å². The molecule has 0 heterocycles. The Morgan fingerprint density at radius 2 is 1.75 bits per heavy atom. The van der Waals surface area contributed by atoms with Gasteiger partial charge in [-0.15, -0.1) is 17.0 Å². The lowest BCUT2D eigenvalue weighted by Crippen LogP contribution is -1.03. The van der Waals surface area contributed by atoms with Crippen molar-refractivity contribution < 1.29 is 9.46 Å². The second kappa shape index (κ2) is 9.63. The summed E-state index contributed by atoms with van der Waals surface area (Å²) in [5, 5.41) is 0. The van der Waals surface area contributed by atoms with E-state index in [-0.39, 0.29) is 17.0 Å². The Morgan fingerprint density at radius 3 is 1.75 bits per heavy atom. The van der Waals surface area contributed by atoms with Gasteiger partial charge in [0.2, 0.25) is 0 Å². The summed E-state index contributed by atoms with van der Waals surface area (Å²) >= 11 is 0. The first-order valence-electron chi connectivity index (χ1n) is 0.383. The van der Waals surface area contributed by atoms with Gasteiger partial charge < -0.3 is 4.89 Å². The summed E-state index contributed by atoms with van der Waals surface area (Å²) in [5.74, 6) is 0. The van der Waals surface area contributed by atoms with Gasteiger partial charge in [0, 0.05) is 0 Å². The van der Waals surface area contributed by atoms with Crippen LogP contribution in [0, 0.1) is 0 Å². The molecular formula is H2BrO2P. The molecule has 0 fully saturated rings. The Kier molecular flexibility index (Phi) is 21.2. The molecule has 2 nitrogen and oxygen atoms in total. The van der Waals surface area contributed by atoms with E-state index in [2.05, 4.69) is 0 Å². The largest absolute Gasteiger partial charge is 0.324 e. The van der Waals surface area contributed by atoms with Crippen molar-refractivity contribution in [2.75, 3.05) is 0 Å². The van der Waals surface area contributed by atoms with Crippen LogP contribution in [0.15, 0.2) is 0 Å². The molecule has 0 aliphatic carbocycles. The second-order valence-electron chi connectivity index (χ2n) is 0.0816. The minimum absolute atomic E-state index is 0. The number of hydrogen-bond donors (Lipinski definition) is 1. The van der Waals surface area contributed by atoms with Gasteiger partial charge in [0.1, 0.15) is 0 Å². The maximum Gasteiger partial charge on any atom is 0.324 e. The van der Waals surface area contributed by atoms with Gasteiger partial charge in [0.25, 0.3) is 0 Å². The lowest BCUT2D eigenvalue weighted by molar-refractivity contribution is 0.524. The van der Waals surface area contributed by atoms with E-state index >= 15 is 0 Å². The summed E-state index contributed by atoms with van der Waals surface area (Å²) in [7, 11) is -0.833. The van der Waals surface area contributed by atoms with E-state index in [1.165, 1.54) is 0 Å². The lowest BCUT2D eigenvalue weighted by atomic mass is 15.9. The molecule has 0 atom stereocenters. The monoisotopic (exact) mass is 144 g/mol. The van der Waals surface area contributed by atoms with E-state index in [1.54, 1.807) is 0 Å². The van der Waals surface area contributed by atoms with Crippen molar-refractivity contribution in [2.24, 2.45) is 0 Å². The first kappa shape index (κ1) is 8.82. The summed E-state index contributed by atoms with van der Waals surface area (Å²) in [6.07, 6.45) is 0. The molecule has 0 aromatic heterocycles. The summed E-state index contributed by atoms with van der Waals surface area (Å²) in [4.78, 5) is 6.99. The molecule has 0 unspecified atom stereocenters. The fourth-order valence-electron chi connectivity index (χ4n) is 0. The molecule has 4 heteroatoms. The number of hydrogen-bond acceptors (Lipinski definition) is 1. The van der Waals surface area contributed by atoms with Crippen LogP contribution in [0.1, 0.15) is 0 Å². The average molecular weight is 145 g/mol. The SMILES string of the molecule is Br.O=PO. The molecule has 0 aromatic carbocycles. The highest BCUT2D eigenvalue weighted by Gasteiger charge is 1.28. The molecule has 1 N–H and O–H groups in total. The Bertz CT molecular complexity index is 13.5. The van der Waals surface area contributed by atoms with Crippen molar-refractivity contribution >= 4 is 25.7 Å². The van der Waals surface area contributed by atoms with Crippen molar-refractivity contribution in [1.82, 2.24) is 0 Å². The van der Waals surface area contributed by atoms with Crippen LogP contribution in [0.4, 0.5) is 0 Å². The Hall–Kier alpha value is 0.540. The van der Waals surface area contributed by atoms with E-state index < -0.39 is 8.69 Å². The van der Waals surface area contributed by atoms with Gasteiger partial charge in [-0.2, -0.15) is 0 Å². The van der Waals surface area contributed by atoms with Gasteiger partial charge >= 0.3 is 8.69 Å². The molecule has 0 aliphatic heterocycles. The number of halogens is 1. The molecule has 0 saturated carbocycles. The van der Waals surface area contributed by atoms with Crippen molar-refractivity contribution in [1.29, 1.82) is 0 Å². The maximum atomic E-state index is 8.46. The van der Waals surface area contributed by atoms with Gasteiger partial charge in [0.05, 0.1) is 0 Å².